The van der Waals surface area contributed by atoms with E-state index in [4.69, 9.17) is 0 Å². The van der Waals surface area contributed by atoms with Gasteiger partial charge in [0.05, 0.1) is 0 Å². The maximum absolute atomic E-state index is 11.7. The van der Waals surface area contributed by atoms with E-state index in [0.29, 0.717) is 12.0 Å². The highest BCUT2D eigenvalue weighted by Crippen LogP contribution is 2.18. The summed E-state index contributed by atoms with van der Waals surface area (Å²) in [6.45, 7) is 6.90. The summed E-state index contributed by atoms with van der Waals surface area (Å²) in [4.78, 5) is 24.6. The zero-order valence-electron chi connectivity index (χ0n) is 16.2. The lowest BCUT2D eigenvalue weighted by Crippen LogP contribution is -2.49. The van der Waals surface area contributed by atoms with Gasteiger partial charge in [-0.25, -0.2) is 9.98 Å². The first kappa shape index (κ1) is 22.5. The van der Waals surface area contributed by atoms with Gasteiger partial charge in [0.15, 0.2) is 5.96 Å². The van der Waals surface area contributed by atoms with Crippen molar-refractivity contribution in [1.29, 1.82) is 0 Å². The Hall–Kier alpha value is -1.58. The molecule has 2 rings (SSSR count). The Morgan fingerprint density at radius 3 is 2.62 bits per heavy atom. The zero-order chi connectivity index (χ0) is 18.2. The molecule has 2 heterocycles. The maximum Gasteiger partial charge on any atom is 0.243 e. The molecule has 0 unspecified atom stereocenters. The Morgan fingerprint density at radius 2 is 2.04 bits per heavy atom. The number of halogens is 1. The van der Waals surface area contributed by atoms with Crippen LogP contribution in [0.1, 0.15) is 25.5 Å². The molecule has 0 aromatic carbocycles. The van der Waals surface area contributed by atoms with E-state index in [1.807, 2.05) is 19.9 Å². The fourth-order valence-electron chi connectivity index (χ4n) is 2.76. The monoisotopic (exact) mass is 474 g/mol. The predicted molar refractivity (Wildman–Crippen MR) is 117 cm³/mol. The van der Waals surface area contributed by atoms with Crippen LogP contribution < -0.4 is 15.5 Å². The van der Waals surface area contributed by atoms with E-state index in [0.717, 1.165) is 44.0 Å². The van der Waals surface area contributed by atoms with Gasteiger partial charge in [-0.1, -0.05) is 6.07 Å². The highest BCUT2D eigenvalue weighted by atomic mass is 127. The van der Waals surface area contributed by atoms with Gasteiger partial charge in [-0.3, -0.25) is 4.79 Å². The van der Waals surface area contributed by atoms with Crippen molar-refractivity contribution in [3.05, 3.63) is 23.9 Å². The number of amides is 1. The van der Waals surface area contributed by atoms with Gasteiger partial charge < -0.3 is 20.4 Å². The van der Waals surface area contributed by atoms with Crippen molar-refractivity contribution in [3.8, 4) is 0 Å². The lowest BCUT2D eigenvalue weighted by Gasteiger charge is -2.34. The van der Waals surface area contributed by atoms with Crippen LogP contribution in [0.4, 0.5) is 5.82 Å². The van der Waals surface area contributed by atoms with Crippen molar-refractivity contribution >= 4 is 41.7 Å². The number of aliphatic imine (C=N–C) groups is 1. The number of rotatable bonds is 5. The number of aromatic nitrogens is 1. The minimum absolute atomic E-state index is 0. The van der Waals surface area contributed by atoms with Crippen LogP contribution in [-0.4, -0.2) is 68.1 Å². The molecule has 1 aliphatic heterocycles. The van der Waals surface area contributed by atoms with Crippen LogP contribution in [0.15, 0.2) is 23.2 Å². The summed E-state index contributed by atoms with van der Waals surface area (Å²) in [5.74, 6) is 1.76. The number of hydrogen-bond acceptors (Lipinski definition) is 4. The van der Waals surface area contributed by atoms with E-state index >= 15 is 0 Å². The maximum atomic E-state index is 11.7. The van der Waals surface area contributed by atoms with Gasteiger partial charge in [0.25, 0.3) is 0 Å². The number of hydrogen-bond donors (Lipinski definition) is 2. The minimum Gasteiger partial charge on any atom is -0.357 e. The molecule has 1 fully saturated rings. The van der Waals surface area contributed by atoms with Gasteiger partial charge in [0.2, 0.25) is 5.91 Å². The summed E-state index contributed by atoms with van der Waals surface area (Å²) in [6.07, 6.45) is 2.03. The number of likely N-dealkylation sites (N-methyl/N-ethyl adjacent to an activating group) is 1. The second-order valence-corrected chi connectivity index (χ2v) is 6.53. The molecule has 2 N–H and O–H groups in total. The fraction of sp³-hybridized carbons (Fsp3) is 0.611. The minimum atomic E-state index is -0.00227. The van der Waals surface area contributed by atoms with Crippen LogP contribution in [0, 0.1) is 6.92 Å². The number of guanidine groups is 1. The number of anilines is 1. The van der Waals surface area contributed by atoms with E-state index < -0.39 is 0 Å². The SMILES string of the molecule is CCNC(=NCC(=O)N(C)C)NC1CCN(c2cccc(C)n2)CC1.I. The van der Waals surface area contributed by atoms with E-state index in [9.17, 15) is 4.79 Å². The number of aryl methyl sites for hydroxylation is 1. The molecule has 1 aromatic rings. The lowest BCUT2D eigenvalue weighted by atomic mass is 10.1. The van der Waals surface area contributed by atoms with Crippen LogP contribution in [0.25, 0.3) is 0 Å². The topological polar surface area (TPSA) is 72.9 Å². The number of piperidine rings is 1. The molecule has 0 bridgehead atoms. The molecule has 1 saturated heterocycles. The summed E-state index contributed by atoms with van der Waals surface area (Å²) in [5, 5.41) is 6.67. The number of nitrogens with one attached hydrogen (secondary N) is 2. The average Bonchev–Trinajstić information content (AvgIpc) is 2.60. The van der Waals surface area contributed by atoms with Crippen LogP contribution in [0.3, 0.4) is 0 Å². The van der Waals surface area contributed by atoms with Crippen molar-refractivity contribution in [2.45, 2.75) is 32.7 Å². The molecular formula is C18H31IN6O. The number of nitrogens with zero attached hydrogens (tertiary/aromatic N) is 4. The van der Waals surface area contributed by atoms with Crippen LogP contribution >= 0.6 is 24.0 Å². The van der Waals surface area contributed by atoms with Gasteiger partial charge in [-0.2, -0.15) is 0 Å². The first-order valence-electron chi connectivity index (χ1n) is 8.93. The van der Waals surface area contributed by atoms with Crippen molar-refractivity contribution < 1.29 is 4.79 Å². The number of carbonyl (C=O) groups is 1. The molecule has 146 valence electrons. The Bertz CT molecular complexity index is 599. The molecule has 0 spiro atoms. The summed E-state index contributed by atoms with van der Waals surface area (Å²) < 4.78 is 0. The summed E-state index contributed by atoms with van der Waals surface area (Å²) in [7, 11) is 3.49. The van der Waals surface area contributed by atoms with Crippen LogP contribution in [-0.2, 0) is 4.79 Å². The molecule has 0 atom stereocenters. The second-order valence-electron chi connectivity index (χ2n) is 6.53. The van der Waals surface area contributed by atoms with Gasteiger partial charge in [-0.05, 0) is 38.8 Å². The van der Waals surface area contributed by atoms with Crippen molar-refractivity contribution in [2.75, 3.05) is 45.2 Å². The third-order valence-electron chi connectivity index (χ3n) is 4.25. The largest absolute Gasteiger partial charge is 0.357 e. The Balaban J connectivity index is 0.00000338. The molecule has 0 aliphatic carbocycles. The van der Waals surface area contributed by atoms with Crippen LogP contribution in [0.5, 0.6) is 0 Å². The fourth-order valence-corrected chi connectivity index (χ4v) is 2.76. The first-order chi connectivity index (χ1) is 12.0. The summed E-state index contributed by atoms with van der Waals surface area (Å²) in [6, 6.07) is 6.50. The highest BCUT2D eigenvalue weighted by molar-refractivity contribution is 14.0. The Kier molecular flexibility index (Phi) is 9.68. The molecule has 1 aromatic heterocycles. The van der Waals surface area contributed by atoms with Crippen molar-refractivity contribution in [1.82, 2.24) is 20.5 Å². The van der Waals surface area contributed by atoms with Gasteiger partial charge in [0, 0.05) is 45.5 Å². The van der Waals surface area contributed by atoms with Crippen molar-refractivity contribution in [3.63, 3.8) is 0 Å². The lowest BCUT2D eigenvalue weighted by molar-refractivity contribution is -0.127. The predicted octanol–water partition coefficient (Wildman–Crippen LogP) is 1.62. The Labute approximate surface area is 173 Å². The van der Waals surface area contributed by atoms with E-state index in [-0.39, 0.29) is 36.4 Å². The van der Waals surface area contributed by atoms with E-state index in [2.05, 4.69) is 37.6 Å². The normalized spacial score (nSPS) is 15.2. The number of pyridine rings is 1. The van der Waals surface area contributed by atoms with Gasteiger partial charge >= 0.3 is 0 Å². The molecular weight excluding hydrogens is 443 g/mol. The molecule has 0 saturated carbocycles. The molecule has 1 amide bonds. The molecule has 7 nitrogen and oxygen atoms in total. The molecule has 0 radical (unpaired) electrons. The van der Waals surface area contributed by atoms with Crippen molar-refractivity contribution in [2.24, 2.45) is 4.99 Å². The summed E-state index contributed by atoms with van der Waals surface area (Å²) in [5.41, 5.74) is 1.05. The molecule has 26 heavy (non-hydrogen) atoms. The third kappa shape index (κ3) is 6.97. The summed E-state index contributed by atoms with van der Waals surface area (Å²) >= 11 is 0. The quantitative estimate of drug-likeness (QED) is 0.386. The Morgan fingerprint density at radius 1 is 1.35 bits per heavy atom. The van der Waals surface area contributed by atoms with E-state index in [1.165, 1.54) is 0 Å². The second kappa shape index (κ2) is 11.2. The van der Waals surface area contributed by atoms with E-state index in [1.54, 1.807) is 19.0 Å². The standard InChI is InChI=1S/C18H30N6O.HI/c1-5-19-18(20-13-17(25)23(3)4)22-15-9-11-24(12-10-15)16-8-6-7-14(2)21-16;/h6-8,15H,5,9-13H2,1-4H3,(H2,19,20,22);1H. The van der Waals surface area contributed by atoms with Gasteiger partial charge in [-0.15, -0.1) is 24.0 Å². The van der Waals surface area contributed by atoms with Gasteiger partial charge in [0.1, 0.15) is 12.4 Å². The third-order valence-corrected chi connectivity index (χ3v) is 4.25. The first-order valence-corrected chi connectivity index (χ1v) is 8.93. The smallest absolute Gasteiger partial charge is 0.243 e. The number of carbonyl (C=O) groups excluding carboxylic acids is 1. The molecule has 1 aliphatic rings. The highest BCUT2D eigenvalue weighted by Gasteiger charge is 2.21. The average molecular weight is 474 g/mol. The molecule has 8 heteroatoms. The zero-order valence-corrected chi connectivity index (χ0v) is 18.5. The van der Waals surface area contributed by atoms with Crippen LogP contribution in [0.2, 0.25) is 0 Å².